The molecule has 1 heterocycles. The summed E-state index contributed by atoms with van der Waals surface area (Å²) in [4.78, 5) is 15.2. The van der Waals surface area contributed by atoms with Gasteiger partial charge in [0.1, 0.15) is 0 Å². The molecule has 0 unspecified atom stereocenters. The fraction of sp³-hybridized carbons (Fsp3) is 0.192. The molecule has 1 aliphatic rings. The number of benzene rings is 3. The highest BCUT2D eigenvalue weighted by Crippen LogP contribution is 2.41. The molecule has 1 amide bonds. The molecule has 0 fully saturated rings. The number of halogens is 1. The average Bonchev–Trinajstić information content (AvgIpc) is 2.81. The van der Waals surface area contributed by atoms with E-state index in [1.807, 2.05) is 77.7 Å². The minimum Gasteiger partial charge on any atom is -0.493 e. The van der Waals surface area contributed by atoms with Crippen LogP contribution in [-0.4, -0.2) is 31.6 Å². The Morgan fingerprint density at radius 2 is 1.74 bits per heavy atom. The van der Waals surface area contributed by atoms with Crippen molar-refractivity contribution in [3.05, 3.63) is 100 Å². The largest absolute Gasteiger partial charge is 0.493 e. The van der Waals surface area contributed by atoms with E-state index in [-0.39, 0.29) is 11.9 Å². The highest BCUT2D eigenvalue weighted by Gasteiger charge is 2.32. The van der Waals surface area contributed by atoms with Crippen LogP contribution in [0.25, 0.3) is 6.08 Å². The molecule has 1 aliphatic heterocycles. The lowest BCUT2D eigenvalue weighted by atomic mass is 9.87. The van der Waals surface area contributed by atoms with Crippen molar-refractivity contribution in [2.45, 2.75) is 12.5 Å². The van der Waals surface area contributed by atoms with E-state index in [2.05, 4.69) is 0 Å². The second-order valence-electron chi connectivity index (χ2n) is 7.39. The SMILES string of the molecule is COc1cc2c(cc1OC)[C@@H](c1cccc(Cl)c1)N(C(=O)/C=C/c1ccccc1)CC2. The third kappa shape index (κ3) is 4.44. The van der Waals surface area contributed by atoms with Crippen LogP contribution in [0.3, 0.4) is 0 Å². The van der Waals surface area contributed by atoms with Crippen molar-refractivity contribution in [1.29, 1.82) is 0 Å². The van der Waals surface area contributed by atoms with Crippen LogP contribution >= 0.6 is 11.6 Å². The number of nitrogens with zero attached hydrogens (tertiary/aromatic N) is 1. The number of carbonyl (C=O) groups is 1. The second kappa shape index (κ2) is 9.27. The molecule has 31 heavy (non-hydrogen) atoms. The van der Waals surface area contributed by atoms with Crippen molar-refractivity contribution < 1.29 is 14.3 Å². The maximum atomic E-state index is 13.3. The molecule has 3 aromatic rings. The van der Waals surface area contributed by atoms with Crippen LogP contribution in [0.5, 0.6) is 11.5 Å². The van der Waals surface area contributed by atoms with Gasteiger partial charge >= 0.3 is 0 Å². The Labute approximate surface area is 187 Å². The number of amides is 1. The van der Waals surface area contributed by atoms with Gasteiger partial charge in [0, 0.05) is 17.6 Å². The van der Waals surface area contributed by atoms with Gasteiger partial charge in [-0.1, -0.05) is 54.1 Å². The molecule has 0 aliphatic carbocycles. The molecular weight excluding hydrogens is 410 g/mol. The Kier molecular flexibility index (Phi) is 6.28. The smallest absolute Gasteiger partial charge is 0.247 e. The van der Waals surface area contributed by atoms with E-state index in [0.29, 0.717) is 23.1 Å². The standard InChI is InChI=1S/C26H24ClNO3/c1-30-23-16-19-13-14-28(25(29)12-11-18-7-4-3-5-8-18)26(22(19)17-24(23)31-2)20-9-6-10-21(27)15-20/h3-12,15-17,26H,13-14H2,1-2H3/b12-11+/t26-/m1/s1. The first-order valence-corrected chi connectivity index (χ1v) is 10.5. The van der Waals surface area contributed by atoms with E-state index < -0.39 is 0 Å². The zero-order valence-electron chi connectivity index (χ0n) is 17.5. The number of hydrogen-bond donors (Lipinski definition) is 0. The molecular formula is C26H24ClNO3. The van der Waals surface area contributed by atoms with Crippen molar-refractivity contribution in [2.24, 2.45) is 0 Å². The molecule has 158 valence electrons. The Hall–Kier alpha value is -3.24. The number of fused-ring (bicyclic) bond motifs is 1. The first kappa shape index (κ1) is 21.0. The van der Waals surface area contributed by atoms with E-state index in [1.165, 1.54) is 0 Å². The fourth-order valence-corrected chi connectivity index (χ4v) is 4.25. The third-order valence-corrected chi connectivity index (χ3v) is 5.77. The first-order valence-electron chi connectivity index (χ1n) is 10.1. The summed E-state index contributed by atoms with van der Waals surface area (Å²) in [5.41, 5.74) is 4.10. The number of ether oxygens (including phenoxy) is 2. The maximum absolute atomic E-state index is 13.3. The fourth-order valence-electron chi connectivity index (χ4n) is 4.05. The van der Waals surface area contributed by atoms with Crippen molar-refractivity contribution in [1.82, 2.24) is 4.90 Å². The lowest BCUT2D eigenvalue weighted by molar-refractivity contribution is -0.127. The number of methoxy groups -OCH3 is 2. The topological polar surface area (TPSA) is 38.8 Å². The minimum absolute atomic E-state index is 0.0470. The summed E-state index contributed by atoms with van der Waals surface area (Å²) in [5, 5.41) is 0.636. The van der Waals surface area contributed by atoms with Gasteiger partial charge in [-0.05, 0) is 59.0 Å². The predicted octanol–water partition coefficient (Wildman–Crippen LogP) is 5.54. The molecule has 4 rings (SSSR count). The molecule has 0 spiro atoms. The number of hydrogen-bond acceptors (Lipinski definition) is 3. The van der Waals surface area contributed by atoms with Gasteiger partial charge in [-0.15, -0.1) is 0 Å². The first-order chi connectivity index (χ1) is 15.1. The second-order valence-corrected chi connectivity index (χ2v) is 7.83. The molecule has 1 atom stereocenters. The third-order valence-electron chi connectivity index (χ3n) is 5.54. The summed E-state index contributed by atoms with van der Waals surface area (Å²) in [6.07, 6.45) is 4.22. The minimum atomic E-state index is -0.268. The molecule has 0 bridgehead atoms. The molecule has 3 aromatic carbocycles. The summed E-state index contributed by atoms with van der Waals surface area (Å²) in [5.74, 6) is 1.28. The lowest BCUT2D eigenvalue weighted by Crippen LogP contribution is -2.39. The summed E-state index contributed by atoms with van der Waals surface area (Å²) in [6.45, 7) is 0.595. The van der Waals surface area contributed by atoms with Gasteiger partial charge in [0.15, 0.2) is 11.5 Å². The highest BCUT2D eigenvalue weighted by molar-refractivity contribution is 6.30. The summed E-state index contributed by atoms with van der Waals surface area (Å²) < 4.78 is 11.0. The van der Waals surface area contributed by atoms with E-state index in [1.54, 1.807) is 20.3 Å². The van der Waals surface area contributed by atoms with Crippen LogP contribution < -0.4 is 9.47 Å². The van der Waals surface area contributed by atoms with Crippen LogP contribution in [-0.2, 0) is 11.2 Å². The van der Waals surface area contributed by atoms with Gasteiger partial charge in [-0.3, -0.25) is 4.79 Å². The number of carbonyl (C=O) groups excluding carboxylic acids is 1. The van der Waals surface area contributed by atoms with E-state index in [0.717, 1.165) is 28.7 Å². The van der Waals surface area contributed by atoms with Gasteiger partial charge in [-0.25, -0.2) is 0 Å². The summed E-state index contributed by atoms with van der Waals surface area (Å²) >= 11 is 6.30. The molecule has 0 aromatic heterocycles. The predicted molar refractivity (Wildman–Crippen MR) is 124 cm³/mol. The Morgan fingerprint density at radius 1 is 1.00 bits per heavy atom. The van der Waals surface area contributed by atoms with Crippen molar-refractivity contribution in [3.8, 4) is 11.5 Å². The Balaban J connectivity index is 1.77. The van der Waals surface area contributed by atoms with E-state index in [9.17, 15) is 4.79 Å². The Bertz CT molecular complexity index is 1110. The molecule has 0 saturated carbocycles. The molecule has 0 saturated heterocycles. The quantitative estimate of drug-likeness (QED) is 0.495. The van der Waals surface area contributed by atoms with Gasteiger partial charge in [0.05, 0.1) is 20.3 Å². The van der Waals surface area contributed by atoms with Crippen molar-refractivity contribution in [3.63, 3.8) is 0 Å². The van der Waals surface area contributed by atoms with Crippen LogP contribution in [0, 0.1) is 0 Å². The lowest BCUT2D eigenvalue weighted by Gasteiger charge is -2.37. The highest BCUT2D eigenvalue weighted by atomic mass is 35.5. The maximum Gasteiger partial charge on any atom is 0.247 e. The van der Waals surface area contributed by atoms with E-state index in [4.69, 9.17) is 21.1 Å². The normalized spacial score (nSPS) is 15.6. The van der Waals surface area contributed by atoms with Crippen LogP contribution in [0.4, 0.5) is 0 Å². The van der Waals surface area contributed by atoms with Crippen LogP contribution in [0.2, 0.25) is 5.02 Å². The molecule has 4 nitrogen and oxygen atoms in total. The van der Waals surface area contributed by atoms with Crippen molar-refractivity contribution >= 4 is 23.6 Å². The van der Waals surface area contributed by atoms with Gasteiger partial charge in [-0.2, -0.15) is 0 Å². The number of rotatable bonds is 5. The van der Waals surface area contributed by atoms with Crippen molar-refractivity contribution in [2.75, 3.05) is 20.8 Å². The van der Waals surface area contributed by atoms with E-state index >= 15 is 0 Å². The Morgan fingerprint density at radius 3 is 2.45 bits per heavy atom. The molecule has 0 radical (unpaired) electrons. The summed E-state index contributed by atoms with van der Waals surface area (Å²) in [6, 6.07) is 21.2. The van der Waals surface area contributed by atoms with Crippen LogP contribution in [0.1, 0.15) is 28.3 Å². The summed E-state index contributed by atoms with van der Waals surface area (Å²) in [7, 11) is 3.25. The molecule has 0 N–H and O–H groups in total. The van der Waals surface area contributed by atoms with Gasteiger partial charge in [0.25, 0.3) is 0 Å². The zero-order chi connectivity index (χ0) is 21.8. The molecule has 5 heteroatoms. The average molecular weight is 434 g/mol. The van der Waals surface area contributed by atoms with Crippen LogP contribution in [0.15, 0.2) is 72.8 Å². The monoisotopic (exact) mass is 433 g/mol. The van der Waals surface area contributed by atoms with Gasteiger partial charge in [0.2, 0.25) is 5.91 Å². The zero-order valence-corrected chi connectivity index (χ0v) is 18.3. The van der Waals surface area contributed by atoms with Gasteiger partial charge < -0.3 is 14.4 Å².